The van der Waals surface area contributed by atoms with Crippen molar-refractivity contribution in [2.24, 2.45) is 23.2 Å². The highest BCUT2D eigenvalue weighted by Crippen LogP contribution is 2.77. The molecule has 1 aromatic carbocycles. The summed E-state index contributed by atoms with van der Waals surface area (Å²) in [7, 11) is 0. The zero-order valence-electron chi connectivity index (χ0n) is 18.8. The summed E-state index contributed by atoms with van der Waals surface area (Å²) >= 11 is 6.18. The van der Waals surface area contributed by atoms with E-state index in [1.807, 2.05) is 17.6 Å². The van der Waals surface area contributed by atoms with Gasteiger partial charge in [0.15, 0.2) is 0 Å². The van der Waals surface area contributed by atoms with Crippen molar-refractivity contribution in [3.05, 3.63) is 58.7 Å². The van der Waals surface area contributed by atoms with E-state index in [-0.39, 0.29) is 11.3 Å². The molecular formula is C26H27ClN4O2. The highest BCUT2D eigenvalue weighted by molar-refractivity contribution is 6.34. The van der Waals surface area contributed by atoms with Crippen molar-refractivity contribution in [2.45, 2.75) is 33.1 Å². The molecule has 2 aliphatic carbocycles. The maximum Gasteiger partial charge on any atom is 0.257 e. The Balaban J connectivity index is 1.21. The van der Waals surface area contributed by atoms with Crippen molar-refractivity contribution in [1.29, 1.82) is 0 Å². The van der Waals surface area contributed by atoms with Crippen LogP contribution in [0, 0.1) is 30.1 Å². The lowest BCUT2D eigenvalue weighted by Crippen LogP contribution is -2.30. The highest BCUT2D eigenvalue weighted by atomic mass is 35.5. The first kappa shape index (κ1) is 20.7. The van der Waals surface area contributed by atoms with E-state index in [0.717, 1.165) is 42.1 Å². The average molecular weight is 463 g/mol. The van der Waals surface area contributed by atoms with Crippen molar-refractivity contribution in [1.82, 2.24) is 9.61 Å². The molecule has 3 unspecified atom stereocenters. The number of nitrogens with zero attached hydrogens (tertiary/aromatic N) is 3. The number of hydrogen-bond donors (Lipinski definition) is 1. The summed E-state index contributed by atoms with van der Waals surface area (Å²) in [5.41, 5.74) is 3.38. The number of halogens is 1. The van der Waals surface area contributed by atoms with Crippen LogP contribution < -0.4 is 10.2 Å². The molecule has 7 heteroatoms. The largest absolute Gasteiger partial charge is 0.355 e. The maximum absolute atomic E-state index is 12.7. The Morgan fingerprint density at radius 1 is 1.18 bits per heavy atom. The van der Waals surface area contributed by atoms with E-state index in [4.69, 9.17) is 16.7 Å². The van der Waals surface area contributed by atoms with E-state index in [2.05, 4.69) is 22.3 Å². The molecule has 3 heterocycles. The molecule has 3 aliphatic rings. The van der Waals surface area contributed by atoms with Crippen LogP contribution in [-0.4, -0.2) is 34.4 Å². The molecule has 6 nitrogen and oxygen atoms in total. The highest BCUT2D eigenvalue weighted by Gasteiger charge is 2.74. The van der Waals surface area contributed by atoms with Gasteiger partial charge in [-0.1, -0.05) is 23.7 Å². The summed E-state index contributed by atoms with van der Waals surface area (Å²) in [4.78, 5) is 27.2. The van der Waals surface area contributed by atoms with Crippen LogP contribution in [-0.2, 0) is 4.79 Å². The molecule has 1 amide bonds. The normalized spacial score (nSPS) is 27.8. The quantitative estimate of drug-likeness (QED) is 0.580. The molecule has 3 aromatic rings. The van der Waals surface area contributed by atoms with Crippen LogP contribution in [0.1, 0.15) is 42.1 Å². The third-order valence-electron chi connectivity index (χ3n) is 8.41. The number of fused-ring (bicyclic) bond motifs is 2. The number of rotatable bonds is 5. The van der Waals surface area contributed by atoms with Gasteiger partial charge in [0, 0.05) is 19.0 Å². The van der Waals surface area contributed by atoms with Crippen LogP contribution in [0.2, 0.25) is 5.02 Å². The van der Waals surface area contributed by atoms with Crippen molar-refractivity contribution >= 4 is 40.3 Å². The third-order valence-corrected chi connectivity index (χ3v) is 8.74. The van der Waals surface area contributed by atoms with Gasteiger partial charge >= 0.3 is 0 Å². The van der Waals surface area contributed by atoms with Crippen molar-refractivity contribution in [3.63, 3.8) is 0 Å². The van der Waals surface area contributed by atoms with E-state index in [1.165, 1.54) is 12.8 Å². The molecule has 0 spiro atoms. The summed E-state index contributed by atoms with van der Waals surface area (Å²) in [5, 5.41) is 8.27. The second-order valence-corrected chi connectivity index (χ2v) is 10.3. The number of anilines is 2. The molecule has 0 bridgehead atoms. The number of aryl methyl sites for hydroxylation is 1. The number of carbonyl (C=O) groups is 2. The minimum atomic E-state index is -0.235. The Morgan fingerprint density at radius 3 is 2.70 bits per heavy atom. The Kier molecular flexibility index (Phi) is 4.60. The first-order chi connectivity index (χ1) is 15.9. The zero-order valence-corrected chi connectivity index (χ0v) is 19.6. The van der Waals surface area contributed by atoms with Crippen LogP contribution in [0.15, 0.2) is 42.6 Å². The monoisotopic (exact) mass is 462 g/mol. The molecular weight excluding hydrogens is 436 g/mol. The topological polar surface area (TPSA) is 66.7 Å². The standard InChI is InChI=1S/C26H27ClN4O2/c1-15-21(28-25(33)18-5-3-4-6-20(18)27)14-31-22(15)7-8-23(29-31)30-12-10-17(13-30)26-11-9-19(26)24(26)16(2)32/h3-8,14,17,19,24H,9-13H2,1-2H3,(H,28,33)/t17?,19?,24?,26-/m1/s1. The number of nitrogens with one attached hydrogen (secondary N) is 1. The van der Waals surface area contributed by atoms with Crippen molar-refractivity contribution < 1.29 is 9.59 Å². The Morgan fingerprint density at radius 2 is 2.00 bits per heavy atom. The lowest BCUT2D eigenvalue weighted by molar-refractivity contribution is -0.119. The first-order valence-electron chi connectivity index (χ1n) is 11.7. The average Bonchev–Trinajstić information content (AvgIpc) is 3.13. The molecule has 170 valence electrons. The van der Waals surface area contributed by atoms with Crippen molar-refractivity contribution in [2.75, 3.05) is 23.3 Å². The number of aromatic nitrogens is 2. The van der Waals surface area contributed by atoms with Gasteiger partial charge in [0.1, 0.15) is 11.6 Å². The van der Waals surface area contributed by atoms with Crippen LogP contribution in [0.3, 0.4) is 0 Å². The molecule has 1 aliphatic heterocycles. The smallest absolute Gasteiger partial charge is 0.257 e. The predicted molar refractivity (Wildman–Crippen MR) is 129 cm³/mol. The predicted octanol–water partition coefficient (Wildman–Crippen LogP) is 4.99. The summed E-state index contributed by atoms with van der Waals surface area (Å²) in [6.07, 6.45) is 5.42. The minimum absolute atomic E-state index is 0.235. The van der Waals surface area contributed by atoms with Gasteiger partial charge in [0.2, 0.25) is 0 Å². The SMILES string of the molecule is CC(=O)C1C2CC[C@@]21C1CCN(c2ccc3c(C)c(NC(=O)c4ccccc4Cl)cn3n2)C1. The zero-order chi connectivity index (χ0) is 22.9. The van der Waals surface area contributed by atoms with E-state index in [1.54, 1.807) is 31.2 Å². The Bertz CT molecular complexity index is 1300. The molecule has 1 N–H and O–H groups in total. The van der Waals surface area contributed by atoms with Gasteiger partial charge in [-0.25, -0.2) is 4.52 Å². The van der Waals surface area contributed by atoms with Crippen LogP contribution in [0.4, 0.5) is 11.5 Å². The van der Waals surface area contributed by atoms with Gasteiger partial charge < -0.3 is 10.2 Å². The maximum atomic E-state index is 12.7. The van der Waals surface area contributed by atoms with Gasteiger partial charge in [-0.2, -0.15) is 5.10 Å². The third kappa shape index (κ3) is 3.03. The number of ketones is 1. The van der Waals surface area contributed by atoms with E-state index in [0.29, 0.717) is 34.1 Å². The first-order valence-corrected chi connectivity index (χ1v) is 12.1. The van der Waals surface area contributed by atoms with E-state index < -0.39 is 0 Å². The number of carbonyl (C=O) groups excluding carboxylic acids is 2. The molecule has 2 aromatic heterocycles. The fourth-order valence-corrected chi connectivity index (χ4v) is 6.87. The molecule has 1 saturated heterocycles. The summed E-state index contributed by atoms with van der Waals surface area (Å²) < 4.78 is 1.85. The van der Waals surface area contributed by atoms with Gasteiger partial charge in [-0.3, -0.25) is 9.59 Å². The van der Waals surface area contributed by atoms with Gasteiger partial charge in [-0.05, 0) is 80.2 Å². The summed E-state index contributed by atoms with van der Waals surface area (Å²) in [6.45, 7) is 5.69. The molecule has 0 radical (unpaired) electrons. The Labute approximate surface area is 197 Å². The van der Waals surface area contributed by atoms with Crippen molar-refractivity contribution in [3.8, 4) is 0 Å². The fraction of sp³-hybridized carbons (Fsp3) is 0.423. The van der Waals surface area contributed by atoms with Crippen LogP contribution >= 0.6 is 11.6 Å². The number of Topliss-reactive ketones (excluding diaryl/α,β-unsaturated/α-hetero) is 1. The molecule has 6 rings (SSSR count). The molecule has 33 heavy (non-hydrogen) atoms. The fourth-order valence-electron chi connectivity index (χ4n) is 6.65. The summed E-state index contributed by atoms with van der Waals surface area (Å²) in [6, 6.07) is 11.2. The van der Waals surface area contributed by atoms with Gasteiger partial charge in [0.05, 0.1) is 28.0 Å². The Hall–Kier alpha value is -2.86. The van der Waals surface area contributed by atoms with E-state index in [9.17, 15) is 9.59 Å². The number of hydrogen-bond acceptors (Lipinski definition) is 4. The van der Waals surface area contributed by atoms with Crippen LogP contribution in [0.5, 0.6) is 0 Å². The number of benzene rings is 1. The van der Waals surface area contributed by atoms with E-state index >= 15 is 0 Å². The summed E-state index contributed by atoms with van der Waals surface area (Å²) in [5.74, 6) is 2.60. The minimum Gasteiger partial charge on any atom is -0.355 e. The van der Waals surface area contributed by atoms with Gasteiger partial charge in [0.25, 0.3) is 5.91 Å². The lowest BCUT2D eigenvalue weighted by atomic mass is 9.73. The second-order valence-electron chi connectivity index (χ2n) is 9.90. The molecule has 4 atom stereocenters. The second kappa shape index (κ2) is 7.32. The van der Waals surface area contributed by atoms with Gasteiger partial charge in [-0.15, -0.1) is 0 Å². The number of amides is 1. The van der Waals surface area contributed by atoms with Crippen LogP contribution in [0.25, 0.3) is 5.52 Å². The molecule has 2 saturated carbocycles. The lowest BCUT2D eigenvalue weighted by Gasteiger charge is -2.31. The molecule has 3 fully saturated rings.